The number of hydrogen-bond donors (Lipinski definition) is 1. The molecular formula is C18H29N3O. The molecule has 0 radical (unpaired) electrons. The molecule has 2 atom stereocenters. The van der Waals surface area contributed by atoms with Crippen LogP contribution in [-0.2, 0) is 6.42 Å². The first kappa shape index (κ1) is 16.7. The van der Waals surface area contributed by atoms with E-state index < -0.39 is 0 Å². The molecule has 2 unspecified atom stereocenters. The number of rotatable bonds is 4. The van der Waals surface area contributed by atoms with Crippen molar-refractivity contribution in [3.63, 3.8) is 0 Å². The molecule has 22 heavy (non-hydrogen) atoms. The number of methoxy groups -OCH3 is 1. The SMILES string of the molecule is CN=C(NCCc1ccccc1OC)N1CC(C)CC(C)C1. The van der Waals surface area contributed by atoms with Gasteiger partial charge in [-0.05, 0) is 36.3 Å². The molecule has 1 aromatic rings. The maximum absolute atomic E-state index is 5.41. The van der Waals surface area contributed by atoms with Gasteiger partial charge in [0.05, 0.1) is 7.11 Å². The van der Waals surface area contributed by atoms with Crippen LogP contribution in [-0.4, -0.2) is 44.7 Å². The monoisotopic (exact) mass is 303 g/mol. The van der Waals surface area contributed by atoms with Crippen LogP contribution in [0.4, 0.5) is 0 Å². The van der Waals surface area contributed by atoms with Gasteiger partial charge in [-0.25, -0.2) is 0 Å². The molecule has 0 aromatic heterocycles. The fraction of sp³-hybridized carbons (Fsp3) is 0.611. The van der Waals surface area contributed by atoms with Gasteiger partial charge in [-0.1, -0.05) is 32.0 Å². The van der Waals surface area contributed by atoms with Gasteiger partial charge < -0.3 is 15.0 Å². The summed E-state index contributed by atoms with van der Waals surface area (Å²) in [4.78, 5) is 6.84. The third-order valence-electron chi connectivity index (χ3n) is 4.25. The minimum atomic E-state index is 0.733. The number of para-hydroxylation sites is 1. The number of benzene rings is 1. The summed E-state index contributed by atoms with van der Waals surface area (Å²) in [5.41, 5.74) is 1.23. The highest BCUT2D eigenvalue weighted by Gasteiger charge is 2.23. The molecule has 4 nitrogen and oxygen atoms in total. The fourth-order valence-electron chi connectivity index (χ4n) is 3.39. The molecule has 122 valence electrons. The zero-order valence-corrected chi connectivity index (χ0v) is 14.3. The Kier molecular flexibility index (Phi) is 6.10. The van der Waals surface area contributed by atoms with Gasteiger partial charge in [-0.2, -0.15) is 0 Å². The molecular weight excluding hydrogens is 274 g/mol. The second kappa shape index (κ2) is 8.06. The Morgan fingerprint density at radius 2 is 1.95 bits per heavy atom. The molecule has 1 heterocycles. The second-order valence-electron chi connectivity index (χ2n) is 6.39. The van der Waals surface area contributed by atoms with Crippen molar-refractivity contribution >= 4 is 5.96 Å². The van der Waals surface area contributed by atoms with E-state index in [-0.39, 0.29) is 0 Å². The van der Waals surface area contributed by atoms with E-state index in [1.165, 1.54) is 12.0 Å². The Morgan fingerprint density at radius 1 is 1.27 bits per heavy atom. The number of likely N-dealkylation sites (tertiary alicyclic amines) is 1. The Hall–Kier alpha value is -1.71. The quantitative estimate of drug-likeness (QED) is 0.686. The Labute approximate surface area is 134 Å². The van der Waals surface area contributed by atoms with Crippen LogP contribution in [0.3, 0.4) is 0 Å². The lowest BCUT2D eigenvalue weighted by Gasteiger charge is -2.37. The predicted octanol–water partition coefficient (Wildman–Crippen LogP) is 2.79. The summed E-state index contributed by atoms with van der Waals surface area (Å²) < 4.78 is 5.41. The summed E-state index contributed by atoms with van der Waals surface area (Å²) >= 11 is 0. The fourth-order valence-corrected chi connectivity index (χ4v) is 3.39. The smallest absolute Gasteiger partial charge is 0.193 e. The van der Waals surface area contributed by atoms with E-state index in [1.54, 1.807) is 7.11 Å². The first-order valence-electron chi connectivity index (χ1n) is 8.21. The topological polar surface area (TPSA) is 36.9 Å². The van der Waals surface area contributed by atoms with Crippen molar-refractivity contribution in [2.24, 2.45) is 16.8 Å². The Balaban J connectivity index is 1.89. The zero-order valence-electron chi connectivity index (χ0n) is 14.3. The van der Waals surface area contributed by atoms with Crippen molar-refractivity contribution in [3.05, 3.63) is 29.8 Å². The molecule has 0 aliphatic carbocycles. The number of ether oxygens (including phenoxy) is 1. The first-order chi connectivity index (χ1) is 10.6. The van der Waals surface area contributed by atoms with Crippen molar-refractivity contribution in [2.45, 2.75) is 26.7 Å². The van der Waals surface area contributed by atoms with Crippen molar-refractivity contribution in [1.82, 2.24) is 10.2 Å². The summed E-state index contributed by atoms with van der Waals surface area (Å²) in [5, 5.41) is 3.50. The van der Waals surface area contributed by atoms with Crippen LogP contribution in [0.1, 0.15) is 25.8 Å². The third-order valence-corrected chi connectivity index (χ3v) is 4.25. The molecule has 0 amide bonds. The first-order valence-corrected chi connectivity index (χ1v) is 8.21. The van der Waals surface area contributed by atoms with Gasteiger partial charge in [-0.15, -0.1) is 0 Å². The second-order valence-corrected chi connectivity index (χ2v) is 6.39. The minimum Gasteiger partial charge on any atom is -0.496 e. The minimum absolute atomic E-state index is 0.733. The molecule has 1 N–H and O–H groups in total. The largest absolute Gasteiger partial charge is 0.496 e. The molecule has 1 saturated heterocycles. The van der Waals surface area contributed by atoms with Crippen LogP contribution in [0.15, 0.2) is 29.3 Å². The van der Waals surface area contributed by atoms with E-state index >= 15 is 0 Å². The van der Waals surface area contributed by atoms with Crippen LogP contribution in [0.2, 0.25) is 0 Å². The molecule has 0 bridgehead atoms. The molecule has 2 rings (SSSR count). The number of nitrogens with zero attached hydrogens (tertiary/aromatic N) is 2. The van der Waals surface area contributed by atoms with Gasteiger partial charge in [0, 0.05) is 26.7 Å². The highest BCUT2D eigenvalue weighted by atomic mass is 16.5. The van der Waals surface area contributed by atoms with Gasteiger partial charge in [0.2, 0.25) is 0 Å². The molecule has 1 aliphatic rings. The van der Waals surface area contributed by atoms with Gasteiger partial charge in [0.1, 0.15) is 5.75 Å². The average molecular weight is 303 g/mol. The maximum Gasteiger partial charge on any atom is 0.193 e. The van der Waals surface area contributed by atoms with E-state index in [4.69, 9.17) is 4.74 Å². The van der Waals surface area contributed by atoms with E-state index in [1.807, 2.05) is 19.2 Å². The number of piperidine rings is 1. The van der Waals surface area contributed by atoms with Crippen LogP contribution in [0.5, 0.6) is 5.75 Å². The Morgan fingerprint density at radius 3 is 2.59 bits per heavy atom. The van der Waals surface area contributed by atoms with Gasteiger partial charge in [0.15, 0.2) is 5.96 Å². The van der Waals surface area contributed by atoms with Crippen molar-refractivity contribution in [1.29, 1.82) is 0 Å². The number of aliphatic imine (C=N–C) groups is 1. The molecule has 1 fully saturated rings. The van der Waals surface area contributed by atoms with Crippen molar-refractivity contribution < 1.29 is 4.74 Å². The molecule has 0 saturated carbocycles. The lowest BCUT2D eigenvalue weighted by atomic mass is 9.92. The normalized spacial score (nSPS) is 22.5. The molecule has 0 spiro atoms. The third kappa shape index (κ3) is 4.39. The maximum atomic E-state index is 5.41. The zero-order chi connectivity index (χ0) is 15.9. The summed E-state index contributed by atoms with van der Waals surface area (Å²) in [6.45, 7) is 7.71. The number of nitrogens with one attached hydrogen (secondary N) is 1. The van der Waals surface area contributed by atoms with Gasteiger partial charge in [-0.3, -0.25) is 4.99 Å². The van der Waals surface area contributed by atoms with E-state index in [0.29, 0.717) is 0 Å². The van der Waals surface area contributed by atoms with E-state index in [0.717, 1.165) is 49.6 Å². The van der Waals surface area contributed by atoms with E-state index in [2.05, 4.69) is 41.2 Å². The van der Waals surface area contributed by atoms with Crippen LogP contribution in [0, 0.1) is 11.8 Å². The van der Waals surface area contributed by atoms with Crippen LogP contribution >= 0.6 is 0 Å². The average Bonchev–Trinajstić information content (AvgIpc) is 2.51. The summed E-state index contributed by atoms with van der Waals surface area (Å²) in [7, 11) is 3.59. The lowest BCUT2D eigenvalue weighted by molar-refractivity contribution is 0.208. The van der Waals surface area contributed by atoms with Crippen LogP contribution < -0.4 is 10.1 Å². The van der Waals surface area contributed by atoms with E-state index in [9.17, 15) is 0 Å². The number of hydrogen-bond acceptors (Lipinski definition) is 2. The number of guanidine groups is 1. The summed E-state index contributed by atoms with van der Waals surface area (Å²) in [5.74, 6) is 3.45. The highest BCUT2D eigenvalue weighted by molar-refractivity contribution is 5.80. The molecule has 1 aliphatic heterocycles. The van der Waals surface area contributed by atoms with Crippen LogP contribution in [0.25, 0.3) is 0 Å². The summed E-state index contributed by atoms with van der Waals surface area (Å²) in [6.07, 6.45) is 2.25. The molecule has 4 heteroatoms. The Bertz CT molecular complexity index is 491. The summed E-state index contributed by atoms with van der Waals surface area (Å²) in [6, 6.07) is 8.19. The predicted molar refractivity (Wildman–Crippen MR) is 92.6 cm³/mol. The van der Waals surface area contributed by atoms with Gasteiger partial charge >= 0.3 is 0 Å². The highest BCUT2D eigenvalue weighted by Crippen LogP contribution is 2.21. The lowest BCUT2D eigenvalue weighted by Crippen LogP contribution is -2.48. The van der Waals surface area contributed by atoms with Gasteiger partial charge in [0.25, 0.3) is 0 Å². The van der Waals surface area contributed by atoms with Crippen molar-refractivity contribution in [3.8, 4) is 5.75 Å². The van der Waals surface area contributed by atoms with Crippen molar-refractivity contribution in [2.75, 3.05) is 33.8 Å². The standard InChI is InChI=1S/C18H29N3O/c1-14-11-15(2)13-21(12-14)18(19-3)20-10-9-16-7-5-6-8-17(16)22-4/h5-8,14-15H,9-13H2,1-4H3,(H,19,20). The molecule has 1 aromatic carbocycles.